The van der Waals surface area contributed by atoms with Crippen molar-refractivity contribution in [3.8, 4) is 22.3 Å². The molecule has 46 heavy (non-hydrogen) atoms. The number of unbranched alkanes of at least 4 members (excludes halogenated alkanes) is 1. The molecule has 0 fully saturated rings. The summed E-state index contributed by atoms with van der Waals surface area (Å²) in [6.07, 6.45) is 12.5. The quantitative estimate of drug-likeness (QED) is 0.171. The van der Waals surface area contributed by atoms with Gasteiger partial charge < -0.3 is 0 Å². The average Bonchev–Trinajstić information content (AvgIpc) is 3.66. The van der Waals surface area contributed by atoms with E-state index in [9.17, 15) is 0 Å². The van der Waals surface area contributed by atoms with Crippen LogP contribution in [0.3, 0.4) is 0 Å². The zero-order valence-corrected chi connectivity index (χ0v) is 33.6. The molecule has 0 bridgehead atoms. The third kappa shape index (κ3) is 5.45. The summed E-state index contributed by atoms with van der Waals surface area (Å²) in [5.74, 6) is 0. The summed E-state index contributed by atoms with van der Waals surface area (Å²) in [6.45, 7) is 16.2. The molecule has 0 saturated carbocycles. The normalized spacial score (nSPS) is 19.0. The molecule has 0 amide bonds. The van der Waals surface area contributed by atoms with Gasteiger partial charge in [-0.15, -0.1) is 0 Å². The van der Waals surface area contributed by atoms with E-state index in [-0.39, 0.29) is 10.8 Å². The predicted molar refractivity (Wildman–Crippen MR) is 203 cm³/mol. The molecule has 4 aromatic carbocycles. The first-order chi connectivity index (χ1) is 21.5. The molecule has 239 valence electrons. The summed E-state index contributed by atoms with van der Waals surface area (Å²) in [6, 6.07) is 32.6. The molecule has 0 aliphatic heterocycles. The minimum absolute atomic E-state index is 0.118. The SMILES string of the molecule is CCC[CH]=[Hf]([CH3])([CH3])([CH3])([CH]1C=Cc2c(-c3cccc(C(C)(C)C)c3)cccc21)[CH]1C=Cc2c(-c3cccc(C(C)(C)C)c3)cccc21. The number of benzene rings is 4. The standard InChI is InChI=1S/2C19H19.C4H8.3CH3.Hf/c2*1-19(2,3)16-10-4-9-15(13-16)18-12-6-8-14-7-5-11-17(14)18;1-3-4-2;;;;/h2*4-13H,1-3H3;1H,3-4H2,2H3;3*1H3;. The minimum atomic E-state index is -4.53. The molecule has 6 rings (SSSR count). The third-order valence-corrected chi connectivity index (χ3v) is 41.1. The van der Waals surface area contributed by atoms with E-state index in [2.05, 4.69) is 175 Å². The topological polar surface area (TPSA) is 0 Å². The fraction of sp³-hybridized carbons (Fsp3) is 0.356. The van der Waals surface area contributed by atoms with E-state index < -0.39 is 16.5 Å². The van der Waals surface area contributed by atoms with Crippen LogP contribution in [0.25, 0.3) is 34.4 Å². The Morgan fingerprint density at radius 3 is 1.39 bits per heavy atom. The van der Waals surface area contributed by atoms with Gasteiger partial charge in [0.25, 0.3) is 0 Å². The van der Waals surface area contributed by atoms with Crippen molar-refractivity contribution in [1.29, 1.82) is 0 Å². The second kappa shape index (κ2) is 10.8. The predicted octanol–water partition coefficient (Wildman–Crippen LogP) is 13.4. The first-order valence-corrected chi connectivity index (χ1v) is 34.6. The first-order valence-electron chi connectivity index (χ1n) is 17.6. The number of hydrogen-bond acceptors (Lipinski definition) is 0. The van der Waals surface area contributed by atoms with Crippen LogP contribution in [0, 0.1) is 0 Å². The molecule has 0 saturated heterocycles. The Balaban J connectivity index is 1.51. The number of rotatable bonds is 6. The molecule has 0 radical (unpaired) electrons. The molecule has 1 heteroatoms. The van der Waals surface area contributed by atoms with Crippen LogP contribution in [0.1, 0.15) is 102 Å². The summed E-state index contributed by atoms with van der Waals surface area (Å²) >= 11 is -4.53. The van der Waals surface area contributed by atoms with Crippen LogP contribution in [0.5, 0.6) is 0 Å². The van der Waals surface area contributed by atoms with Gasteiger partial charge >= 0.3 is 279 Å². The average molecular weight is 774 g/mol. The van der Waals surface area contributed by atoms with Gasteiger partial charge in [0.1, 0.15) is 0 Å². The Kier molecular flexibility index (Phi) is 7.76. The number of allylic oxidation sites excluding steroid dienone is 2. The summed E-state index contributed by atoms with van der Waals surface area (Å²) in [5.41, 5.74) is 14.3. The Bertz CT molecular complexity index is 1840. The molecule has 0 N–H and O–H groups in total. The number of hydrogen-bond donors (Lipinski definition) is 0. The molecule has 4 aromatic rings. The van der Waals surface area contributed by atoms with Gasteiger partial charge in [-0.05, 0) is 0 Å². The summed E-state index contributed by atoms with van der Waals surface area (Å²) in [4.78, 5) is 0. The van der Waals surface area contributed by atoms with E-state index in [1.54, 1.807) is 0 Å². The van der Waals surface area contributed by atoms with Crippen LogP contribution >= 0.6 is 0 Å². The van der Waals surface area contributed by atoms with Gasteiger partial charge in [-0.3, -0.25) is 0 Å². The van der Waals surface area contributed by atoms with Crippen LogP contribution in [-0.2, 0) is 27.4 Å². The van der Waals surface area contributed by atoms with Crippen molar-refractivity contribution in [2.24, 2.45) is 0 Å². The van der Waals surface area contributed by atoms with E-state index in [0.717, 1.165) is 6.42 Å². The molecule has 0 spiro atoms. The number of fused-ring (bicyclic) bond motifs is 2. The molecular formula is C45H55Hf. The fourth-order valence-electron chi connectivity index (χ4n) is 8.77. The van der Waals surface area contributed by atoms with Gasteiger partial charge in [-0.1, -0.05) is 0 Å². The summed E-state index contributed by atoms with van der Waals surface area (Å²) < 4.78 is 12.0. The van der Waals surface area contributed by atoms with E-state index in [1.165, 1.54) is 62.1 Å². The van der Waals surface area contributed by atoms with Crippen molar-refractivity contribution in [2.45, 2.75) is 93.5 Å². The molecule has 0 heterocycles. The van der Waals surface area contributed by atoms with Crippen molar-refractivity contribution in [2.75, 3.05) is 0 Å². The van der Waals surface area contributed by atoms with E-state index in [1.807, 2.05) is 0 Å². The maximum atomic E-state index is 2.89. The summed E-state index contributed by atoms with van der Waals surface area (Å²) in [7, 11) is 0. The van der Waals surface area contributed by atoms with E-state index in [0.29, 0.717) is 7.35 Å². The van der Waals surface area contributed by atoms with Crippen LogP contribution in [-0.4, -0.2) is 3.76 Å². The zero-order valence-electron chi connectivity index (χ0n) is 30.0. The maximum absolute atomic E-state index is 4.53. The van der Waals surface area contributed by atoms with Crippen LogP contribution in [0.15, 0.2) is 97.1 Å². The third-order valence-electron chi connectivity index (χ3n) is 11.8. The van der Waals surface area contributed by atoms with Crippen molar-refractivity contribution < 1.29 is 16.5 Å². The monoisotopic (exact) mass is 775 g/mol. The Morgan fingerprint density at radius 1 is 0.587 bits per heavy atom. The molecule has 2 atom stereocenters. The van der Waals surface area contributed by atoms with Gasteiger partial charge in [0.15, 0.2) is 0 Å². The molecular weight excluding hydrogens is 719 g/mol. The van der Waals surface area contributed by atoms with Gasteiger partial charge in [0.05, 0.1) is 0 Å². The van der Waals surface area contributed by atoms with E-state index >= 15 is 0 Å². The molecule has 2 aliphatic rings. The van der Waals surface area contributed by atoms with Crippen molar-refractivity contribution in [3.63, 3.8) is 0 Å². The Labute approximate surface area is 277 Å². The van der Waals surface area contributed by atoms with Crippen LogP contribution in [0.2, 0.25) is 14.0 Å². The van der Waals surface area contributed by atoms with Gasteiger partial charge in [-0.25, -0.2) is 0 Å². The first kappa shape index (κ1) is 33.0. The van der Waals surface area contributed by atoms with Crippen molar-refractivity contribution in [1.82, 2.24) is 0 Å². The van der Waals surface area contributed by atoms with Gasteiger partial charge in [-0.2, -0.15) is 0 Å². The second-order valence-corrected chi connectivity index (χ2v) is 57.5. The van der Waals surface area contributed by atoms with Gasteiger partial charge in [0, 0.05) is 0 Å². The Hall–Kier alpha value is -2.90. The van der Waals surface area contributed by atoms with E-state index in [4.69, 9.17) is 0 Å². The van der Waals surface area contributed by atoms with Crippen LogP contribution in [0.4, 0.5) is 0 Å². The Morgan fingerprint density at radius 2 is 1.00 bits per heavy atom. The second-order valence-electron chi connectivity index (χ2n) is 18.5. The van der Waals surface area contributed by atoms with Gasteiger partial charge in [0.2, 0.25) is 0 Å². The molecule has 0 nitrogen and oxygen atoms in total. The molecule has 0 aromatic heterocycles. The van der Waals surface area contributed by atoms with Crippen LogP contribution < -0.4 is 0 Å². The zero-order chi connectivity index (χ0) is 33.2. The molecule has 2 aliphatic carbocycles. The van der Waals surface area contributed by atoms with Crippen molar-refractivity contribution in [3.05, 3.63) is 130 Å². The molecule has 2 unspecified atom stereocenters. The summed E-state index contributed by atoms with van der Waals surface area (Å²) in [5, 5.41) is 0. The fourth-order valence-corrected chi connectivity index (χ4v) is 34.9. The van der Waals surface area contributed by atoms with Crippen molar-refractivity contribution >= 4 is 15.9 Å².